The maximum atomic E-state index is 14.6. The fourth-order valence-electron chi connectivity index (χ4n) is 5.88. The Hall–Kier alpha value is -3.59. The van der Waals surface area contributed by atoms with E-state index in [0.29, 0.717) is 24.3 Å². The molecule has 0 radical (unpaired) electrons. The van der Waals surface area contributed by atoms with Crippen molar-refractivity contribution in [2.45, 2.75) is 56.0 Å². The average Bonchev–Trinajstić information content (AvgIpc) is 3.42. The van der Waals surface area contributed by atoms with Crippen molar-refractivity contribution in [2.24, 2.45) is 5.92 Å². The number of anilines is 1. The third-order valence-corrected chi connectivity index (χ3v) is 8.10. The Balaban J connectivity index is 1.19. The Bertz CT molecular complexity index is 1450. The Morgan fingerprint density at radius 3 is 2.74 bits per heavy atom. The van der Waals surface area contributed by atoms with E-state index in [1.54, 1.807) is 18.3 Å². The molecule has 39 heavy (non-hydrogen) atoms. The molecule has 1 saturated heterocycles. The van der Waals surface area contributed by atoms with Crippen LogP contribution in [-0.2, 0) is 12.0 Å². The second kappa shape index (κ2) is 9.55. The van der Waals surface area contributed by atoms with Crippen LogP contribution in [0.1, 0.15) is 47.3 Å². The van der Waals surface area contributed by atoms with Gasteiger partial charge in [-0.25, -0.2) is 8.91 Å². The lowest BCUT2D eigenvalue weighted by molar-refractivity contribution is -0.127. The van der Waals surface area contributed by atoms with E-state index >= 15 is 0 Å². The number of piperidine rings is 1. The molecule has 0 unspecified atom stereocenters. The summed E-state index contributed by atoms with van der Waals surface area (Å²) in [5, 5.41) is 14.5. The summed E-state index contributed by atoms with van der Waals surface area (Å²) < 4.78 is 58.3. The maximum Gasteiger partial charge on any atom is 0.393 e. The number of nitrogens with zero attached hydrogens (tertiary/aromatic N) is 5. The molecule has 3 aromatic rings. The zero-order valence-electron chi connectivity index (χ0n) is 21.4. The molecule has 2 N–H and O–H groups in total. The van der Waals surface area contributed by atoms with Crippen LogP contribution in [0.15, 0.2) is 30.6 Å². The van der Waals surface area contributed by atoms with Crippen molar-refractivity contribution in [3.63, 3.8) is 0 Å². The second-order valence-electron chi connectivity index (χ2n) is 11.0. The minimum Gasteiger partial charge on any atom is -0.364 e. The summed E-state index contributed by atoms with van der Waals surface area (Å²) in [6.45, 7) is 0.911. The van der Waals surface area contributed by atoms with Crippen LogP contribution < -0.4 is 10.6 Å². The quantitative estimate of drug-likeness (QED) is 0.368. The highest BCUT2D eigenvalue weighted by Gasteiger charge is 2.58. The molecule has 3 saturated carbocycles. The SMILES string of the molecule is CN1CC[C@@H](Nc2cccc3c(CC(F)(F)F)c(C#CCNC(=O)c4cnn(C56CC(C5)C6)c4)nn23)[C@@H](F)C1. The molecule has 206 valence electrons. The maximum absolute atomic E-state index is 14.6. The number of alkyl halides is 4. The zero-order chi connectivity index (χ0) is 27.4. The van der Waals surface area contributed by atoms with Crippen molar-refractivity contribution in [2.75, 3.05) is 32.0 Å². The van der Waals surface area contributed by atoms with Crippen LogP contribution in [0.5, 0.6) is 0 Å². The van der Waals surface area contributed by atoms with Gasteiger partial charge < -0.3 is 15.5 Å². The third kappa shape index (κ3) is 4.95. The largest absolute Gasteiger partial charge is 0.393 e. The van der Waals surface area contributed by atoms with Crippen LogP contribution in [0.3, 0.4) is 0 Å². The number of aromatic nitrogens is 4. The summed E-state index contributed by atoms with van der Waals surface area (Å²) in [6, 6.07) is 4.33. The van der Waals surface area contributed by atoms with Gasteiger partial charge in [-0.15, -0.1) is 0 Å². The van der Waals surface area contributed by atoms with E-state index in [1.165, 1.54) is 16.8 Å². The standard InChI is InChI=1S/C27H29F4N7O/c1-36-9-7-22(20(28)16-36)34-24-6-2-5-23-19(13-27(29,30)31)21(35-38(23)24)4-3-8-32-25(39)18-14-33-37(15-18)26-10-17(11-26)12-26/h2,5-6,14-15,17,20,22,34H,7-13,16H2,1H3,(H,32,39)/t17?,20-,22+,26?/m0/s1. The summed E-state index contributed by atoms with van der Waals surface area (Å²) in [5.41, 5.74) is 0.642. The summed E-state index contributed by atoms with van der Waals surface area (Å²) in [5.74, 6) is 6.27. The molecule has 1 amide bonds. The van der Waals surface area contributed by atoms with Gasteiger partial charge in [-0.2, -0.15) is 23.4 Å². The highest BCUT2D eigenvalue weighted by atomic mass is 19.4. The van der Waals surface area contributed by atoms with E-state index in [2.05, 4.69) is 32.7 Å². The molecule has 2 bridgehead atoms. The van der Waals surface area contributed by atoms with Crippen LogP contribution in [-0.4, -0.2) is 75.3 Å². The van der Waals surface area contributed by atoms with Gasteiger partial charge in [0.15, 0.2) is 0 Å². The van der Waals surface area contributed by atoms with Crippen LogP contribution in [0.25, 0.3) is 5.52 Å². The first-order valence-electron chi connectivity index (χ1n) is 13.1. The summed E-state index contributed by atoms with van der Waals surface area (Å²) in [4.78, 5) is 14.4. The number of pyridine rings is 1. The number of likely N-dealkylation sites (tertiary alicyclic amines) is 1. The first kappa shape index (κ1) is 25.7. The van der Waals surface area contributed by atoms with Crippen molar-refractivity contribution >= 4 is 17.2 Å². The molecule has 8 nitrogen and oxygen atoms in total. The normalized spacial score (nSPS) is 26.3. The second-order valence-corrected chi connectivity index (χ2v) is 11.0. The van der Waals surface area contributed by atoms with Crippen LogP contribution in [0, 0.1) is 17.8 Å². The molecular formula is C27H29F4N7O. The molecular weight excluding hydrogens is 514 g/mol. The molecule has 0 aromatic carbocycles. The van der Waals surface area contributed by atoms with E-state index in [1.807, 2.05) is 16.6 Å². The number of carbonyl (C=O) groups is 1. The molecule has 4 fully saturated rings. The fraction of sp³-hybridized carbons (Fsp3) is 0.519. The van der Waals surface area contributed by atoms with Crippen LogP contribution in [0.2, 0.25) is 0 Å². The lowest BCUT2D eigenvalue weighted by Crippen LogP contribution is -2.59. The van der Waals surface area contributed by atoms with Gasteiger partial charge in [0.05, 0.1) is 41.8 Å². The monoisotopic (exact) mass is 543 g/mol. The van der Waals surface area contributed by atoms with Gasteiger partial charge in [0, 0.05) is 24.8 Å². The predicted molar refractivity (Wildman–Crippen MR) is 136 cm³/mol. The van der Waals surface area contributed by atoms with E-state index in [9.17, 15) is 22.4 Å². The van der Waals surface area contributed by atoms with Crippen molar-refractivity contribution in [3.05, 3.63) is 47.4 Å². The van der Waals surface area contributed by atoms with Crippen LogP contribution >= 0.6 is 0 Å². The number of halogens is 4. The van der Waals surface area contributed by atoms with Crippen molar-refractivity contribution < 1.29 is 22.4 Å². The number of rotatable bonds is 6. The first-order valence-corrected chi connectivity index (χ1v) is 13.1. The van der Waals surface area contributed by atoms with Gasteiger partial charge in [-0.1, -0.05) is 12.0 Å². The molecule has 4 heterocycles. The lowest BCUT2D eigenvalue weighted by Gasteiger charge is -2.61. The van der Waals surface area contributed by atoms with Gasteiger partial charge in [0.2, 0.25) is 0 Å². The first-order chi connectivity index (χ1) is 18.6. The Morgan fingerprint density at radius 1 is 1.26 bits per heavy atom. The zero-order valence-corrected chi connectivity index (χ0v) is 21.4. The van der Waals surface area contributed by atoms with Gasteiger partial charge in [0.25, 0.3) is 5.91 Å². The Labute approximate surface area is 222 Å². The predicted octanol–water partition coefficient (Wildman–Crippen LogP) is 3.38. The number of carbonyl (C=O) groups excluding carboxylic acids is 1. The van der Waals surface area contributed by atoms with Gasteiger partial charge in [-0.05, 0) is 56.7 Å². The summed E-state index contributed by atoms with van der Waals surface area (Å²) in [7, 11) is 1.85. The average molecular weight is 544 g/mol. The number of fused-ring (bicyclic) bond motifs is 1. The van der Waals surface area contributed by atoms with E-state index in [-0.39, 0.29) is 41.3 Å². The molecule has 0 spiro atoms. The molecule has 2 atom stereocenters. The van der Waals surface area contributed by atoms with Crippen molar-refractivity contribution in [1.82, 2.24) is 29.6 Å². The Kier molecular flexibility index (Phi) is 6.29. The molecule has 7 rings (SSSR count). The van der Waals surface area contributed by atoms with Gasteiger partial charge in [-0.3, -0.25) is 9.48 Å². The number of hydrogen-bond donors (Lipinski definition) is 2. The van der Waals surface area contributed by atoms with Crippen molar-refractivity contribution in [3.8, 4) is 11.8 Å². The third-order valence-electron chi connectivity index (χ3n) is 8.10. The van der Waals surface area contributed by atoms with E-state index < -0.39 is 24.8 Å². The Morgan fingerprint density at radius 2 is 2.05 bits per heavy atom. The van der Waals surface area contributed by atoms with Crippen LogP contribution in [0.4, 0.5) is 23.4 Å². The number of amides is 1. The number of nitrogens with one attached hydrogen (secondary N) is 2. The lowest BCUT2D eigenvalue weighted by atomic mass is 9.50. The summed E-state index contributed by atoms with van der Waals surface area (Å²) >= 11 is 0. The number of hydrogen-bond acceptors (Lipinski definition) is 5. The highest BCUT2D eigenvalue weighted by molar-refractivity contribution is 5.93. The van der Waals surface area contributed by atoms with Gasteiger partial charge in [0.1, 0.15) is 17.7 Å². The molecule has 4 aliphatic rings. The topological polar surface area (TPSA) is 79.5 Å². The van der Waals surface area contributed by atoms with E-state index in [0.717, 1.165) is 25.2 Å². The van der Waals surface area contributed by atoms with Gasteiger partial charge >= 0.3 is 6.18 Å². The van der Waals surface area contributed by atoms with Crippen molar-refractivity contribution in [1.29, 1.82) is 0 Å². The minimum absolute atomic E-state index is 0.0348. The fourth-order valence-corrected chi connectivity index (χ4v) is 5.88. The molecule has 1 aliphatic heterocycles. The molecule has 3 aliphatic carbocycles. The highest BCUT2D eigenvalue weighted by Crippen LogP contribution is 2.61. The molecule has 3 aromatic heterocycles. The minimum atomic E-state index is -4.48. The smallest absolute Gasteiger partial charge is 0.364 e. The molecule has 12 heteroatoms. The summed E-state index contributed by atoms with van der Waals surface area (Å²) in [6.07, 6.45) is 0.304. The van der Waals surface area contributed by atoms with E-state index in [4.69, 9.17) is 0 Å².